The van der Waals surface area contributed by atoms with Gasteiger partial charge in [0.1, 0.15) is 22.1 Å². The summed E-state index contributed by atoms with van der Waals surface area (Å²) in [7, 11) is 0. The Morgan fingerprint density at radius 3 is 2.60 bits per heavy atom. The van der Waals surface area contributed by atoms with Gasteiger partial charge in [0.25, 0.3) is 5.56 Å². The molecule has 5 rings (SSSR count). The third kappa shape index (κ3) is 3.88. The molecule has 170 valence electrons. The second kappa shape index (κ2) is 8.97. The Hall–Kier alpha value is -4.61. The van der Waals surface area contributed by atoms with Gasteiger partial charge in [-0.05, 0) is 43.3 Å². The van der Waals surface area contributed by atoms with E-state index in [9.17, 15) is 19.2 Å². The van der Waals surface area contributed by atoms with Gasteiger partial charge in [-0.3, -0.25) is 19.1 Å². The number of aromatic nitrogens is 3. The summed E-state index contributed by atoms with van der Waals surface area (Å²) in [4.78, 5) is 34.6. The molecule has 0 saturated heterocycles. The number of H-pyrrole nitrogens is 1. The number of ketones is 1. The predicted octanol–water partition coefficient (Wildman–Crippen LogP) is 3.61. The number of thiazole rings is 1. The van der Waals surface area contributed by atoms with Gasteiger partial charge in [0, 0.05) is 22.8 Å². The van der Waals surface area contributed by atoms with Crippen molar-refractivity contribution in [2.75, 3.05) is 0 Å². The van der Waals surface area contributed by atoms with Gasteiger partial charge < -0.3 is 4.98 Å². The van der Waals surface area contributed by atoms with Crippen LogP contribution in [0.5, 0.6) is 0 Å². The van der Waals surface area contributed by atoms with Gasteiger partial charge in [0.2, 0.25) is 5.78 Å². The van der Waals surface area contributed by atoms with Gasteiger partial charge in [-0.1, -0.05) is 36.4 Å². The van der Waals surface area contributed by atoms with Crippen molar-refractivity contribution in [3.63, 3.8) is 0 Å². The van der Waals surface area contributed by atoms with Crippen molar-refractivity contribution in [2.45, 2.75) is 6.92 Å². The van der Waals surface area contributed by atoms with Crippen LogP contribution in [0.25, 0.3) is 28.2 Å². The molecule has 0 atom stereocenters. The summed E-state index contributed by atoms with van der Waals surface area (Å²) >= 11 is 0.952. The fraction of sp³-hybridized carbons (Fsp3) is 0.0370. The van der Waals surface area contributed by atoms with Crippen LogP contribution in [0.1, 0.15) is 21.7 Å². The molecular weight excluding hydrogens is 463 g/mol. The summed E-state index contributed by atoms with van der Waals surface area (Å²) in [6.07, 6.45) is 3.15. The average molecular weight is 481 g/mol. The smallest absolute Gasteiger partial charge is 0.273 e. The van der Waals surface area contributed by atoms with Crippen molar-refractivity contribution >= 4 is 39.7 Å². The summed E-state index contributed by atoms with van der Waals surface area (Å²) in [5.41, 5.74) is 1.39. The number of pyridine rings is 1. The van der Waals surface area contributed by atoms with Gasteiger partial charge in [-0.15, -0.1) is 11.3 Å². The zero-order chi connectivity index (χ0) is 24.5. The summed E-state index contributed by atoms with van der Waals surface area (Å²) in [6, 6.07) is 20.3. The van der Waals surface area contributed by atoms with E-state index in [0.717, 1.165) is 21.4 Å². The molecule has 0 radical (unpaired) electrons. The summed E-state index contributed by atoms with van der Waals surface area (Å²) < 4.78 is 16.2. The molecule has 0 spiro atoms. The first kappa shape index (κ1) is 22.2. The van der Waals surface area contributed by atoms with E-state index in [-0.39, 0.29) is 20.5 Å². The van der Waals surface area contributed by atoms with Gasteiger partial charge >= 0.3 is 0 Å². The van der Waals surface area contributed by atoms with E-state index in [4.69, 9.17) is 0 Å². The highest BCUT2D eigenvalue weighted by molar-refractivity contribution is 7.07. The quantitative estimate of drug-likeness (QED) is 0.398. The fourth-order valence-electron chi connectivity index (χ4n) is 3.99. The zero-order valence-electron chi connectivity index (χ0n) is 18.4. The van der Waals surface area contributed by atoms with E-state index >= 15 is 0 Å². The number of fused-ring (bicyclic) bond motifs is 1. The van der Waals surface area contributed by atoms with Crippen molar-refractivity contribution in [3.05, 3.63) is 115 Å². The highest BCUT2D eigenvalue weighted by Gasteiger charge is 2.23. The van der Waals surface area contributed by atoms with E-state index in [0.29, 0.717) is 22.3 Å². The number of nitrogens with one attached hydrogen (secondary N) is 1. The third-order valence-corrected chi connectivity index (χ3v) is 6.65. The standard InChI is InChI=1S/C27H17FN4O2S/c1-16-24(18-9-2-4-11-21(18)31-16)25(33)19(15-29)27-32(22-12-5-3-10-20(22)28)26(34)23(35-27)14-17-8-6-7-13-30-17/h2-14,31H,1H3/b23-14+,27-19-. The van der Waals surface area contributed by atoms with Crippen LogP contribution in [-0.2, 0) is 0 Å². The minimum absolute atomic E-state index is 0.0411. The Bertz CT molecular complexity index is 1830. The molecule has 8 heteroatoms. The van der Waals surface area contributed by atoms with Gasteiger partial charge in [0.15, 0.2) is 0 Å². The maximum absolute atomic E-state index is 14.8. The van der Waals surface area contributed by atoms with Crippen molar-refractivity contribution in [3.8, 4) is 11.8 Å². The molecule has 2 aromatic carbocycles. The molecule has 0 amide bonds. The Morgan fingerprint density at radius 2 is 1.86 bits per heavy atom. The molecule has 35 heavy (non-hydrogen) atoms. The number of rotatable bonds is 4. The SMILES string of the molecule is Cc1[nH]c2ccccc2c1C(=O)/C(C#N)=c1\s/c(=C/c2ccccn2)c(=O)n1-c1ccccc1F. The van der Waals surface area contributed by atoms with E-state index < -0.39 is 17.2 Å². The predicted molar refractivity (Wildman–Crippen MR) is 133 cm³/mol. The number of carbonyl (C=O) groups is 1. The molecule has 0 saturated carbocycles. The molecule has 0 bridgehead atoms. The van der Waals surface area contributed by atoms with Crippen molar-refractivity contribution in [1.82, 2.24) is 14.5 Å². The Morgan fingerprint density at radius 1 is 1.11 bits per heavy atom. The van der Waals surface area contributed by atoms with E-state index in [1.807, 2.05) is 18.2 Å². The van der Waals surface area contributed by atoms with Crippen LogP contribution < -0.4 is 14.8 Å². The van der Waals surface area contributed by atoms with Crippen LogP contribution in [-0.4, -0.2) is 20.3 Å². The number of halogens is 1. The van der Waals surface area contributed by atoms with Crippen molar-refractivity contribution in [1.29, 1.82) is 5.26 Å². The second-order valence-electron chi connectivity index (χ2n) is 7.75. The average Bonchev–Trinajstić information content (AvgIpc) is 3.36. The number of aryl methyl sites for hydroxylation is 1. The number of nitrogens with zero attached hydrogens (tertiary/aromatic N) is 3. The van der Waals surface area contributed by atoms with Gasteiger partial charge in [-0.25, -0.2) is 4.39 Å². The first-order valence-electron chi connectivity index (χ1n) is 10.7. The lowest BCUT2D eigenvalue weighted by molar-refractivity contribution is 0.105. The van der Waals surface area contributed by atoms with E-state index in [1.165, 1.54) is 18.2 Å². The molecule has 0 aliphatic rings. The molecule has 3 aromatic heterocycles. The number of aromatic amines is 1. The zero-order valence-corrected chi connectivity index (χ0v) is 19.3. The number of hydrogen-bond acceptors (Lipinski definition) is 5. The van der Waals surface area contributed by atoms with Crippen LogP contribution in [0.2, 0.25) is 0 Å². The maximum atomic E-state index is 14.8. The Kier molecular flexibility index (Phi) is 5.69. The van der Waals surface area contributed by atoms with Crippen LogP contribution >= 0.6 is 11.3 Å². The molecule has 0 aliphatic carbocycles. The Labute approximate surface area is 202 Å². The lowest BCUT2D eigenvalue weighted by Crippen LogP contribution is -2.32. The summed E-state index contributed by atoms with van der Waals surface area (Å²) in [5, 5.41) is 10.8. The summed E-state index contributed by atoms with van der Waals surface area (Å²) in [6.45, 7) is 1.75. The minimum atomic E-state index is -0.647. The molecule has 0 aliphatic heterocycles. The molecule has 6 nitrogen and oxygen atoms in total. The van der Waals surface area contributed by atoms with E-state index in [1.54, 1.807) is 55.6 Å². The molecule has 3 heterocycles. The van der Waals surface area contributed by atoms with Crippen LogP contribution in [0, 0.1) is 24.1 Å². The van der Waals surface area contributed by atoms with Crippen molar-refractivity contribution < 1.29 is 9.18 Å². The fourth-order valence-corrected chi connectivity index (χ4v) is 5.07. The number of carbonyl (C=O) groups excluding carboxylic acids is 1. The van der Waals surface area contributed by atoms with Gasteiger partial charge in [-0.2, -0.15) is 5.26 Å². The third-order valence-electron chi connectivity index (χ3n) is 5.56. The highest BCUT2D eigenvalue weighted by atomic mass is 32.1. The van der Waals surface area contributed by atoms with Crippen LogP contribution in [0.4, 0.5) is 4.39 Å². The maximum Gasteiger partial charge on any atom is 0.273 e. The Balaban J connectivity index is 1.87. The lowest BCUT2D eigenvalue weighted by Gasteiger charge is -2.05. The topological polar surface area (TPSA) is 91.5 Å². The molecule has 0 unspecified atom stereocenters. The number of para-hydroxylation sites is 2. The van der Waals surface area contributed by atoms with Crippen molar-refractivity contribution in [2.24, 2.45) is 0 Å². The summed E-state index contributed by atoms with van der Waals surface area (Å²) in [5.74, 6) is -1.19. The van der Waals surface area contributed by atoms with Gasteiger partial charge in [0.05, 0.1) is 21.5 Å². The lowest BCUT2D eigenvalue weighted by atomic mass is 10.0. The van der Waals surface area contributed by atoms with Crippen LogP contribution in [0.3, 0.4) is 0 Å². The molecule has 1 N–H and O–H groups in total. The largest absolute Gasteiger partial charge is 0.358 e. The molecule has 5 aromatic rings. The molecule has 0 fully saturated rings. The first-order chi connectivity index (χ1) is 17.0. The molecular formula is C27H17FN4O2S. The highest BCUT2D eigenvalue weighted by Crippen LogP contribution is 2.24. The van der Waals surface area contributed by atoms with Crippen LogP contribution in [0.15, 0.2) is 77.7 Å². The second-order valence-corrected chi connectivity index (χ2v) is 8.78. The minimum Gasteiger partial charge on any atom is -0.358 e. The number of benzene rings is 2. The number of hydrogen-bond donors (Lipinski definition) is 1. The number of nitriles is 1. The number of Topliss-reactive ketones (excluding diaryl/α,β-unsaturated/α-hetero) is 1. The monoisotopic (exact) mass is 480 g/mol. The van der Waals surface area contributed by atoms with E-state index in [2.05, 4.69) is 9.97 Å². The first-order valence-corrected chi connectivity index (χ1v) is 11.5. The normalized spacial score (nSPS) is 12.5.